The van der Waals surface area contributed by atoms with Crippen molar-refractivity contribution in [2.24, 2.45) is 5.73 Å². The molecule has 1 aliphatic heterocycles. The number of likely N-dealkylation sites (tertiary alicyclic amines) is 1. The van der Waals surface area contributed by atoms with E-state index in [4.69, 9.17) is 5.73 Å². The highest BCUT2D eigenvalue weighted by molar-refractivity contribution is 7.09. The highest BCUT2D eigenvalue weighted by atomic mass is 32.1. The third-order valence-electron chi connectivity index (χ3n) is 3.49. The van der Waals surface area contributed by atoms with Gasteiger partial charge in [0.15, 0.2) is 0 Å². The fourth-order valence-corrected chi connectivity index (χ4v) is 3.15. The van der Waals surface area contributed by atoms with Gasteiger partial charge < -0.3 is 5.73 Å². The van der Waals surface area contributed by atoms with Crippen molar-refractivity contribution in [3.8, 4) is 0 Å². The molecule has 2 N–H and O–H groups in total. The van der Waals surface area contributed by atoms with Gasteiger partial charge in [0.2, 0.25) is 0 Å². The number of rotatable bonds is 3. The average Bonchev–Trinajstić information content (AvgIpc) is 2.71. The Kier molecular flexibility index (Phi) is 3.95. The summed E-state index contributed by atoms with van der Waals surface area (Å²) in [6.07, 6.45) is 4.00. The maximum absolute atomic E-state index is 5.59. The van der Waals surface area contributed by atoms with E-state index >= 15 is 0 Å². The molecular weight excluding hydrogens is 218 g/mol. The molecule has 2 rings (SSSR count). The van der Waals surface area contributed by atoms with Crippen molar-refractivity contribution in [2.75, 3.05) is 0 Å². The molecule has 1 aromatic heterocycles. The summed E-state index contributed by atoms with van der Waals surface area (Å²) >= 11 is 1.68. The Hall–Kier alpha value is -0.450. The lowest BCUT2D eigenvalue weighted by Crippen LogP contribution is -2.43. The van der Waals surface area contributed by atoms with Crippen molar-refractivity contribution in [1.29, 1.82) is 0 Å². The van der Waals surface area contributed by atoms with Crippen LogP contribution in [-0.2, 0) is 13.1 Å². The predicted molar refractivity (Wildman–Crippen MR) is 68.3 cm³/mol. The van der Waals surface area contributed by atoms with Gasteiger partial charge in [-0.05, 0) is 26.7 Å². The molecule has 0 saturated carbocycles. The first-order valence-electron chi connectivity index (χ1n) is 6.09. The van der Waals surface area contributed by atoms with Gasteiger partial charge in [0, 0.05) is 30.6 Å². The molecule has 2 atom stereocenters. The number of piperidine rings is 1. The minimum atomic E-state index is 0.565. The molecule has 1 saturated heterocycles. The first kappa shape index (κ1) is 12.0. The standard InChI is InChI=1S/C12H21N3S/c1-9-4-3-5-10(2)15(9)7-11-8-16-12(6-13)14-11/h8-10H,3-7,13H2,1-2H3. The highest BCUT2D eigenvalue weighted by Crippen LogP contribution is 2.24. The number of hydrogen-bond donors (Lipinski definition) is 1. The Morgan fingerprint density at radius 1 is 1.44 bits per heavy atom. The minimum absolute atomic E-state index is 0.565. The average molecular weight is 239 g/mol. The van der Waals surface area contributed by atoms with Crippen LogP contribution in [0, 0.1) is 0 Å². The third-order valence-corrected chi connectivity index (χ3v) is 4.41. The van der Waals surface area contributed by atoms with E-state index < -0.39 is 0 Å². The van der Waals surface area contributed by atoms with Crippen LogP contribution in [0.25, 0.3) is 0 Å². The lowest BCUT2D eigenvalue weighted by Gasteiger charge is -2.38. The van der Waals surface area contributed by atoms with Crippen molar-refractivity contribution in [2.45, 2.75) is 58.3 Å². The second-order valence-corrected chi connectivity index (χ2v) is 5.68. The van der Waals surface area contributed by atoms with E-state index in [1.54, 1.807) is 11.3 Å². The van der Waals surface area contributed by atoms with Crippen LogP contribution >= 0.6 is 11.3 Å². The molecule has 0 aliphatic carbocycles. The maximum atomic E-state index is 5.59. The SMILES string of the molecule is CC1CCCC(C)N1Cc1csc(CN)n1. The maximum Gasteiger partial charge on any atom is 0.106 e. The fourth-order valence-electron chi connectivity index (χ4n) is 2.49. The van der Waals surface area contributed by atoms with E-state index in [0.717, 1.165) is 11.6 Å². The summed E-state index contributed by atoms with van der Waals surface area (Å²) in [6.45, 7) is 6.20. The normalized spacial score (nSPS) is 27.2. The van der Waals surface area contributed by atoms with Crippen molar-refractivity contribution < 1.29 is 0 Å². The molecule has 0 amide bonds. The molecule has 0 spiro atoms. The molecular formula is C12H21N3S. The van der Waals surface area contributed by atoms with Gasteiger partial charge in [-0.15, -0.1) is 11.3 Å². The number of hydrogen-bond acceptors (Lipinski definition) is 4. The molecule has 0 radical (unpaired) electrons. The van der Waals surface area contributed by atoms with Gasteiger partial charge in [-0.2, -0.15) is 0 Å². The summed E-state index contributed by atoms with van der Waals surface area (Å²) in [7, 11) is 0. The van der Waals surface area contributed by atoms with Gasteiger partial charge in [-0.25, -0.2) is 4.98 Å². The molecule has 2 unspecified atom stereocenters. The summed E-state index contributed by atoms with van der Waals surface area (Å²) in [5.41, 5.74) is 6.77. The Balaban J connectivity index is 2.01. The number of thiazole rings is 1. The van der Waals surface area contributed by atoms with Gasteiger partial charge >= 0.3 is 0 Å². The summed E-state index contributed by atoms with van der Waals surface area (Å²) in [5, 5.41) is 3.20. The van der Waals surface area contributed by atoms with Gasteiger partial charge in [0.05, 0.1) is 5.69 Å². The van der Waals surface area contributed by atoms with E-state index in [9.17, 15) is 0 Å². The van der Waals surface area contributed by atoms with Crippen LogP contribution in [0.5, 0.6) is 0 Å². The Morgan fingerprint density at radius 2 is 2.12 bits per heavy atom. The molecule has 4 heteroatoms. The molecule has 0 bridgehead atoms. The number of nitrogens with zero attached hydrogens (tertiary/aromatic N) is 2. The molecule has 3 nitrogen and oxygen atoms in total. The lowest BCUT2D eigenvalue weighted by molar-refractivity contribution is 0.0940. The van der Waals surface area contributed by atoms with E-state index in [1.807, 2.05) is 0 Å². The summed E-state index contributed by atoms with van der Waals surface area (Å²) in [4.78, 5) is 7.11. The smallest absolute Gasteiger partial charge is 0.106 e. The van der Waals surface area contributed by atoms with E-state index in [-0.39, 0.29) is 0 Å². The van der Waals surface area contributed by atoms with Crippen LogP contribution in [0.3, 0.4) is 0 Å². The fraction of sp³-hybridized carbons (Fsp3) is 0.750. The van der Waals surface area contributed by atoms with Gasteiger partial charge in [0.25, 0.3) is 0 Å². The monoisotopic (exact) mass is 239 g/mol. The topological polar surface area (TPSA) is 42.1 Å². The van der Waals surface area contributed by atoms with Crippen molar-refractivity contribution in [1.82, 2.24) is 9.88 Å². The molecule has 0 aromatic carbocycles. The second kappa shape index (κ2) is 5.25. The first-order chi connectivity index (χ1) is 7.70. The molecule has 1 fully saturated rings. The van der Waals surface area contributed by atoms with Crippen LogP contribution in [0.4, 0.5) is 0 Å². The highest BCUT2D eigenvalue weighted by Gasteiger charge is 2.25. The quantitative estimate of drug-likeness (QED) is 0.880. The lowest BCUT2D eigenvalue weighted by atomic mass is 9.97. The number of nitrogens with two attached hydrogens (primary N) is 1. The molecule has 1 aliphatic rings. The summed E-state index contributed by atoms with van der Waals surface area (Å²) in [5.74, 6) is 0. The molecule has 1 aromatic rings. The van der Waals surface area contributed by atoms with Crippen LogP contribution in [-0.4, -0.2) is 22.0 Å². The van der Waals surface area contributed by atoms with Crippen molar-refractivity contribution in [3.63, 3.8) is 0 Å². The number of aromatic nitrogens is 1. The second-order valence-electron chi connectivity index (χ2n) is 4.74. The van der Waals surface area contributed by atoms with Crippen molar-refractivity contribution >= 4 is 11.3 Å². The van der Waals surface area contributed by atoms with E-state index in [2.05, 4.69) is 29.1 Å². The third kappa shape index (κ3) is 2.62. The Bertz CT molecular complexity index is 327. The predicted octanol–water partition coefficient (Wildman–Crippen LogP) is 2.36. The van der Waals surface area contributed by atoms with Gasteiger partial charge in [-0.3, -0.25) is 4.90 Å². The zero-order chi connectivity index (χ0) is 11.5. The van der Waals surface area contributed by atoms with Crippen molar-refractivity contribution in [3.05, 3.63) is 16.1 Å². The van der Waals surface area contributed by atoms with E-state index in [0.29, 0.717) is 18.6 Å². The summed E-state index contributed by atoms with van der Waals surface area (Å²) < 4.78 is 0. The Morgan fingerprint density at radius 3 is 2.69 bits per heavy atom. The zero-order valence-electron chi connectivity index (χ0n) is 10.1. The Labute approximate surface area is 102 Å². The molecule has 2 heterocycles. The first-order valence-corrected chi connectivity index (χ1v) is 6.97. The van der Waals surface area contributed by atoms with Crippen LogP contribution in [0.2, 0.25) is 0 Å². The molecule has 90 valence electrons. The van der Waals surface area contributed by atoms with Gasteiger partial charge in [-0.1, -0.05) is 6.42 Å². The minimum Gasteiger partial charge on any atom is -0.325 e. The van der Waals surface area contributed by atoms with Crippen LogP contribution < -0.4 is 5.73 Å². The largest absolute Gasteiger partial charge is 0.325 e. The summed E-state index contributed by atoms with van der Waals surface area (Å²) in [6, 6.07) is 1.37. The van der Waals surface area contributed by atoms with E-state index in [1.165, 1.54) is 25.0 Å². The van der Waals surface area contributed by atoms with Crippen LogP contribution in [0.1, 0.15) is 43.8 Å². The van der Waals surface area contributed by atoms with Gasteiger partial charge in [0.1, 0.15) is 5.01 Å². The zero-order valence-corrected chi connectivity index (χ0v) is 11.0. The van der Waals surface area contributed by atoms with Crippen LogP contribution in [0.15, 0.2) is 5.38 Å². The molecule has 16 heavy (non-hydrogen) atoms.